The van der Waals surface area contributed by atoms with Gasteiger partial charge in [0.1, 0.15) is 0 Å². The Morgan fingerprint density at radius 1 is 1.67 bits per heavy atom. The van der Waals surface area contributed by atoms with Gasteiger partial charge in [-0.1, -0.05) is 0 Å². The lowest BCUT2D eigenvalue weighted by Crippen LogP contribution is -2.28. The maximum Gasteiger partial charge on any atom is 0.230 e. The molecule has 0 aliphatic heterocycles. The van der Waals surface area contributed by atoms with Gasteiger partial charge in [0.2, 0.25) is 5.96 Å². The maximum absolute atomic E-state index is 6.92. The summed E-state index contributed by atoms with van der Waals surface area (Å²) in [6.45, 7) is 4.85. The zero-order valence-electron chi connectivity index (χ0n) is 5.18. The predicted molar refractivity (Wildman–Crippen MR) is 37.7 cm³/mol. The van der Waals surface area contributed by atoms with Crippen molar-refractivity contribution in [3.8, 4) is 0 Å². The van der Waals surface area contributed by atoms with Gasteiger partial charge in [-0.15, -0.1) is 0 Å². The second kappa shape index (κ2) is 4.76. The topological polar surface area (TPSA) is 72.6 Å². The number of rotatable bonds is 2. The van der Waals surface area contributed by atoms with Crippen LogP contribution >= 0.6 is 0 Å². The highest BCUT2D eigenvalue weighted by Crippen LogP contribution is 1.58. The SMILES string of the molecule is C=NNC(=N)N/N=C/C. The molecule has 9 heavy (non-hydrogen) atoms. The summed E-state index contributed by atoms with van der Waals surface area (Å²) in [5.41, 5.74) is 4.59. The minimum Gasteiger partial charge on any atom is -0.266 e. The molecule has 0 heterocycles. The van der Waals surface area contributed by atoms with Gasteiger partial charge in [-0.25, -0.2) is 10.9 Å². The van der Waals surface area contributed by atoms with Gasteiger partial charge in [-0.2, -0.15) is 10.2 Å². The molecule has 5 heteroatoms. The van der Waals surface area contributed by atoms with Gasteiger partial charge in [0.15, 0.2) is 0 Å². The summed E-state index contributed by atoms with van der Waals surface area (Å²) in [5.74, 6) is 0.00287. The van der Waals surface area contributed by atoms with Crippen molar-refractivity contribution in [1.29, 1.82) is 5.41 Å². The summed E-state index contributed by atoms with van der Waals surface area (Å²) >= 11 is 0. The molecule has 0 aromatic carbocycles. The third-order valence-corrected chi connectivity index (χ3v) is 0.496. The molecular formula is C4H9N5. The van der Waals surface area contributed by atoms with E-state index in [4.69, 9.17) is 5.41 Å². The fraction of sp³-hybridized carbons (Fsp3) is 0.250. The fourth-order valence-corrected chi connectivity index (χ4v) is 0.233. The van der Waals surface area contributed by atoms with Crippen molar-refractivity contribution >= 4 is 18.9 Å². The monoisotopic (exact) mass is 127 g/mol. The van der Waals surface area contributed by atoms with Crippen molar-refractivity contribution < 1.29 is 0 Å². The van der Waals surface area contributed by atoms with Crippen LogP contribution in [-0.4, -0.2) is 18.9 Å². The van der Waals surface area contributed by atoms with Crippen LogP contribution in [0.5, 0.6) is 0 Å². The number of hydrogen-bond donors (Lipinski definition) is 3. The van der Waals surface area contributed by atoms with Crippen molar-refractivity contribution in [3.63, 3.8) is 0 Å². The number of nitrogens with one attached hydrogen (secondary N) is 3. The number of hydrazone groups is 2. The van der Waals surface area contributed by atoms with Crippen LogP contribution in [0.3, 0.4) is 0 Å². The average molecular weight is 127 g/mol. The average Bonchev–Trinajstić information content (AvgIpc) is 1.85. The molecule has 0 aliphatic rings. The molecule has 5 nitrogen and oxygen atoms in total. The molecule has 0 unspecified atom stereocenters. The Hall–Kier alpha value is -1.39. The van der Waals surface area contributed by atoms with Crippen molar-refractivity contribution in [1.82, 2.24) is 10.9 Å². The van der Waals surface area contributed by atoms with Crippen molar-refractivity contribution in [2.45, 2.75) is 6.92 Å². The Labute approximate surface area is 53.4 Å². The van der Waals surface area contributed by atoms with E-state index in [2.05, 4.69) is 27.8 Å². The van der Waals surface area contributed by atoms with Crippen LogP contribution in [0.4, 0.5) is 0 Å². The summed E-state index contributed by atoms with van der Waals surface area (Å²) in [5, 5.41) is 13.7. The Morgan fingerprint density at radius 3 is 2.78 bits per heavy atom. The fourth-order valence-electron chi connectivity index (χ4n) is 0.233. The van der Waals surface area contributed by atoms with Gasteiger partial charge in [0, 0.05) is 12.9 Å². The normalized spacial score (nSPS) is 9.00. The molecule has 0 fully saturated rings. The zero-order valence-corrected chi connectivity index (χ0v) is 5.18. The lowest BCUT2D eigenvalue weighted by Gasteiger charge is -1.97. The molecule has 0 radical (unpaired) electrons. The lowest BCUT2D eigenvalue weighted by molar-refractivity contribution is 0.894. The summed E-state index contributed by atoms with van der Waals surface area (Å²) in [6.07, 6.45) is 1.53. The van der Waals surface area contributed by atoms with Crippen LogP contribution in [-0.2, 0) is 0 Å². The quantitative estimate of drug-likeness (QED) is 0.271. The van der Waals surface area contributed by atoms with Gasteiger partial charge < -0.3 is 0 Å². The number of guanidine groups is 1. The van der Waals surface area contributed by atoms with Crippen LogP contribution in [0.25, 0.3) is 0 Å². The minimum absolute atomic E-state index is 0.00287. The van der Waals surface area contributed by atoms with Gasteiger partial charge in [0.05, 0.1) is 0 Å². The summed E-state index contributed by atoms with van der Waals surface area (Å²) in [6, 6.07) is 0. The molecule has 0 saturated carbocycles. The third kappa shape index (κ3) is 4.46. The van der Waals surface area contributed by atoms with Gasteiger partial charge in [-0.05, 0) is 6.92 Å². The molecule has 0 amide bonds. The summed E-state index contributed by atoms with van der Waals surface area (Å²) in [4.78, 5) is 0. The number of nitrogens with zero attached hydrogens (tertiary/aromatic N) is 2. The molecule has 0 aliphatic carbocycles. The van der Waals surface area contributed by atoms with Crippen LogP contribution in [0, 0.1) is 5.41 Å². The summed E-state index contributed by atoms with van der Waals surface area (Å²) in [7, 11) is 0. The second-order valence-corrected chi connectivity index (χ2v) is 1.14. The highest BCUT2D eigenvalue weighted by Gasteiger charge is 1.83. The predicted octanol–water partition coefficient (Wildman–Crippen LogP) is -0.278. The molecule has 0 spiro atoms. The van der Waals surface area contributed by atoms with Gasteiger partial charge >= 0.3 is 0 Å². The van der Waals surface area contributed by atoms with Gasteiger partial charge in [-0.3, -0.25) is 5.41 Å². The zero-order chi connectivity index (χ0) is 7.11. The smallest absolute Gasteiger partial charge is 0.230 e. The largest absolute Gasteiger partial charge is 0.266 e. The summed E-state index contributed by atoms with van der Waals surface area (Å²) < 4.78 is 0. The van der Waals surface area contributed by atoms with Crippen molar-refractivity contribution in [3.05, 3.63) is 0 Å². The van der Waals surface area contributed by atoms with E-state index in [1.807, 2.05) is 0 Å². The molecule has 0 aromatic heterocycles. The van der Waals surface area contributed by atoms with E-state index in [0.29, 0.717) is 0 Å². The van der Waals surface area contributed by atoms with E-state index < -0.39 is 0 Å². The first-order valence-corrected chi connectivity index (χ1v) is 2.35. The highest BCUT2D eigenvalue weighted by molar-refractivity contribution is 5.76. The third-order valence-electron chi connectivity index (χ3n) is 0.496. The van der Waals surface area contributed by atoms with E-state index in [0.717, 1.165) is 0 Å². The second-order valence-electron chi connectivity index (χ2n) is 1.14. The molecule has 0 rings (SSSR count). The minimum atomic E-state index is 0.00287. The standard InChI is InChI=1S/C4H9N5/c1-3-7-9-4(5)8-6-2/h3H,2H2,1H3,(H3,5,8,9)/b7-3+. The molecule has 0 aromatic rings. The molecule has 0 saturated heterocycles. The van der Waals surface area contributed by atoms with E-state index in [-0.39, 0.29) is 5.96 Å². The first kappa shape index (κ1) is 7.61. The Morgan fingerprint density at radius 2 is 2.33 bits per heavy atom. The molecule has 0 atom stereocenters. The molecular weight excluding hydrogens is 118 g/mol. The Bertz CT molecular complexity index is 127. The molecule has 0 bridgehead atoms. The van der Waals surface area contributed by atoms with Crippen molar-refractivity contribution in [2.75, 3.05) is 0 Å². The molecule has 3 N–H and O–H groups in total. The first-order valence-electron chi connectivity index (χ1n) is 2.35. The first-order chi connectivity index (χ1) is 4.31. The Balaban J connectivity index is 3.38. The molecule has 50 valence electrons. The highest BCUT2D eigenvalue weighted by atomic mass is 15.4. The van der Waals surface area contributed by atoms with Crippen LogP contribution < -0.4 is 10.9 Å². The van der Waals surface area contributed by atoms with E-state index >= 15 is 0 Å². The van der Waals surface area contributed by atoms with Crippen LogP contribution in [0.15, 0.2) is 10.2 Å². The number of hydrogen-bond acceptors (Lipinski definition) is 3. The van der Waals surface area contributed by atoms with E-state index in [1.165, 1.54) is 6.21 Å². The Kier molecular flexibility index (Phi) is 4.03. The maximum atomic E-state index is 6.92. The van der Waals surface area contributed by atoms with E-state index in [1.54, 1.807) is 6.92 Å². The van der Waals surface area contributed by atoms with Gasteiger partial charge in [0.25, 0.3) is 0 Å². The lowest BCUT2D eigenvalue weighted by atomic mass is 10.9. The van der Waals surface area contributed by atoms with Crippen LogP contribution in [0.2, 0.25) is 0 Å². The van der Waals surface area contributed by atoms with E-state index in [9.17, 15) is 0 Å². The van der Waals surface area contributed by atoms with Crippen LogP contribution in [0.1, 0.15) is 6.92 Å². The van der Waals surface area contributed by atoms with Crippen molar-refractivity contribution in [2.24, 2.45) is 10.2 Å².